The van der Waals surface area contributed by atoms with Crippen LogP contribution in [0, 0.1) is 0 Å². The summed E-state index contributed by atoms with van der Waals surface area (Å²) in [6, 6.07) is 19.5. The first kappa shape index (κ1) is 13.9. The van der Waals surface area contributed by atoms with Gasteiger partial charge in [0.25, 0.3) is 0 Å². The summed E-state index contributed by atoms with van der Waals surface area (Å²) in [5, 5.41) is 16.4. The number of hydrogen-bond acceptors (Lipinski definition) is 4. The topological polar surface area (TPSA) is 83.6 Å². The summed E-state index contributed by atoms with van der Waals surface area (Å²) in [5.74, 6) is 0.219. The first-order valence-corrected chi connectivity index (χ1v) is 6.94. The van der Waals surface area contributed by atoms with Crippen LogP contribution in [-0.2, 0) is 11.2 Å². The molecule has 0 saturated heterocycles. The van der Waals surface area contributed by atoms with E-state index in [0.717, 1.165) is 11.1 Å². The van der Waals surface area contributed by atoms with Gasteiger partial charge in [-0.15, -0.1) is 10.2 Å². The number of benzene rings is 2. The van der Waals surface area contributed by atoms with Crippen LogP contribution in [0.4, 0.5) is 0 Å². The lowest BCUT2D eigenvalue weighted by molar-refractivity contribution is -0.121. The van der Waals surface area contributed by atoms with Crippen molar-refractivity contribution in [1.29, 1.82) is 0 Å². The molecule has 110 valence electrons. The molecule has 0 bridgehead atoms. The van der Waals surface area contributed by atoms with Crippen LogP contribution in [-0.4, -0.2) is 26.5 Å². The van der Waals surface area contributed by atoms with Crippen molar-refractivity contribution in [2.45, 2.75) is 12.5 Å². The van der Waals surface area contributed by atoms with E-state index in [-0.39, 0.29) is 18.4 Å². The van der Waals surface area contributed by atoms with Gasteiger partial charge in [0.15, 0.2) is 5.82 Å². The van der Waals surface area contributed by atoms with Crippen molar-refractivity contribution in [3.05, 3.63) is 77.6 Å². The summed E-state index contributed by atoms with van der Waals surface area (Å²) in [6.45, 7) is 0. The number of aromatic amines is 1. The number of rotatable bonds is 5. The third kappa shape index (κ3) is 3.35. The highest BCUT2D eigenvalue weighted by molar-refractivity contribution is 5.78. The quantitative estimate of drug-likeness (QED) is 0.749. The molecule has 0 unspecified atom stereocenters. The second kappa shape index (κ2) is 6.62. The smallest absolute Gasteiger partial charge is 0.228 e. The van der Waals surface area contributed by atoms with Gasteiger partial charge in [-0.1, -0.05) is 65.9 Å². The molecule has 1 heterocycles. The Morgan fingerprint density at radius 2 is 1.59 bits per heavy atom. The summed E-state index contributed by atoms with van der Waals surface area (Å²) in [5.41, 5.74) is 2.05. The minimum atomic E-state index is -0.207. The molecule has 6 heteroatoms. The molecular formula is C16H15N5O. The second-order valence-corrected chi connectivity index (χ2v) is 4.83. The molecule has 2 N–H and O–H groups in total. The van der Waals surface area contributed by atoms with Crippen molar-refractivity contribution in [3.8, 4) is 0 Å². The van der Waals surface area contributed by atoms with Gasteiger partial charge >= 0.3 is 0 Å². The van der Waals surface area contributed by atoms with Crippen LogP contribution in [0.2, 0.25) is 0 Å². The van der Waals surface area contributed by atoms with E-state index in [2.05, 4.69) is 25.9 Å². The van der Waals surface area contributed by atoms with Gasteiger partial charge < -0.3 is 5.32 Å². The Kier molecular flexibility index (Phi) is 4.20. The van der Waals surface area contributed by atoms with E-state index in [1.807, 2.05) is 60.7 Å². The number of nitrogens with zero attached hydrogens (tertiary/aromatic N) is 3. The fraction of sp³-hybridized carbons (Fsp3) is 0.125. The molecule has 0 fully saturated rings. The molecule has 0 radical (unpaired) electrons. The fourth-order valence-corrected chi connectivity index (χ4v) is 2.26. The monoisotopic (exact) mass is 293 g/mol. The molecule has 0 aliphatic heterocycles. The van der Waals surface area contributed by atoms with Crippen LogP contribution in [0.15, 0.2) is 60.7 Å². The Bertz CT molecular complexity index is 673. The summed E-state index contributed by atoms with van der Waals surface area (Å²) in [6.07, 6.45) is 0.0899. The van der Waals surface area contributed by atoms with Gasteiger partial charge in [0, 0.05) is 0 Å². The maximum absolute atomic E-state index is 12.2. The lowest BCUT2D eigenvalue weighted by Gasteiger charge is -2.19. The minimum absolute atomic E-state index is 0.0899. The third-order valence-electron chi connectivity index (χ3n) is 3.28. The molecule has 22 heavy (non-hydrogen) atoms. The predicted molar refractivity (Wildman–Crippen MR) is 80.8 cm³/mol. The van der Waals surface area contributed by atoms with Crippen LogP contribution in [0.5, 0.6) is 0 Å². The molecule has 0 saturated carbocycles. The largest absolute Gasteiger partial charge is 0.345 e. The van der Waals surface area contributed by atoms with Crippen molar-refractivity contribution in [3.63, 3.8) is 0 Å². The van der Waals surface area contributed by atoms with Gasteiger partial charge in [0.1, 0.15) is 0 Å². The van der Waals surface area contributed by atoms with E-state index < -0.39 is 0 Å². The van der Waals surface area contributed by atoms with E-state index in [0.29, 0.717) is 5.82 Å². The molecule has 3 rings (SSSR count). The zero-order chi connectivity index (χ0) is 15.2. The average molecular weight is 293 g/mol. The lowest BCUT2D eigenvalue weighted by atomic mass is 9.98. The van der Waals surface area contributed by atoms with Crippen LogP contribution < -0.4 is 5.32 Å². The lowest BCUT2D eigenvalue weighted by Crippen LogP contribution is -2.30. The van der Waals surface area contributed by atoms with Crippen molar-refractivity contribution in [2.24, 2.45) is 0 Å². The van der Waals surface area contributed by atoms with Crippen molar-refractivity contribution < 1.29 is 4.79 Å². The van der Waals surface area contributed by atoms with E-state index in [1.54, 1.807) is 0 Å². The van der Waals surface area contributed by atoms with Gasteiger partial charge in [-0.25, -0.2) is 0 Å². The SMILES string of the molecule is O=C(Cc1nn[nH]n1)NC(c1ccccc1)c1ccccc1. The first-order valence-electron chi connectivity index (χ1n) is 6.94. The highest BCUT2D eigenvalue weighted by Crippen LogP contribution is 2.21. The first-order chi connectivity index (χ1) is 10.8. The molecule has 0 aliphatic rings. The number of nitrogens with one attached hydrogen (secondary N) is 2. The van der Waals surface area contributed by atoms with E-state index >= 15 is 0 Å². The predicted octanol–water partition coefficient (Wildman–Crippen LogP) is 1.65. The Balaban J connectivity index is 1.81. The highest BCUT2D eigenvalue weighted by Gasteiger charge is 2.17. The van der Waals surface area contributed by atoms with Gasteiger partial charge in [-0.2, -0.15) is 5.21 Å². The number of carbonyl (C=O) groups is 1. The van der Waals surface area contributed by atoms with Gasteiger partial charge in [-0.05, 0) is 11.1 Å². The summed E-state index contributed by atoms with van der Waals surface area (Å²) >= 11 is 0. The normalized spacial score (nSPS) is 10.6. The van der Waals surface area contributed by atoms with Gasteiger partial charge in [-0.3, -0.25) is 4.79 Å². The van der Waals surface area contributed by atoms with Gasteiger partial charge in [0.2, 0.25) is 5.91 Å². The number of aromatic nitrogens is 4. The molecule has 6 nitrogen and oxygen atoms in total. The number of amides is 1. The Morgan fingerprint density at radius 3 is 2.09 bits per heavy atom. The second-order valence-electron chi connectivity index (χ2n) is 4.83. The van der Waals surface area contributed by atoms with Crippen molar-refractivity contribution >= 4 is 5.91 Å². The Morgan fingerprint density at radius 1 is 1.00 bits per heavy atom. The zero-order valence-electron chi connectivity index (χ0n) is 11.8. The summed E-state index contributed by atoms with van der Waals surface area (Å²) < 4.78 is 0. The molecule has 0 aliphatic carbocycles. The number of carbonyl (C=O) groups excluding carboxylic acids is 1. The Labute approximate surface area is 127 Å². The Hall–Kier alpha value is -3.02. The molecular weight excluding hydrogens is 278 g/mol. The van der Waals surface area contributed by atoms with Crippen LogP contribution in [0.3, 0.4) is 0 Å². The number of H-pyrrole nitrogens is 1. The number of hydrogen-bond donors (Lipinski definition) is 2. The van der Waals surface area contributed by atoms with Crippen molar-refractivity contribution in [1.82, 2.24) is 25.9 Å². The summed E-state index contributed by atoms with van der Waals surface area (Å²) in [7, 11) is 0. The molecule has 0 spiro atoms. The minimum Gasteiger partial charge on any atom is -0.345 e. The van der Waals surface area contributed by atoms with Crippen LogP contribution in [0.25, 0.3) is 0 Å². The maximum atomic E-state index is 12.2. The summed E-state index contributed by atoms with van der Waals surface area (Å²) in [4.78, 5) is 12.2. The van der Waals surface area contributed by atoms with E-state index in [9.17, 15) is 4.79 Å². The zero-order valence-corrected chi connectivity index (χ0v) is 11.8. The molecule has 0 atom stereocenters. The number of tetrazole rings is 1. The fourth-order valence-electron chi connectivity index (χ4n) is 2.26. The third-order valence-corrected chi connectivity index (χ3v) is 3.28. The van der Waals surface area contributed by atoms with Crippen LogP contribution in [0.1, 0.15) is 23.0 Å². The van der Waals surface area contributed by atoms with Crippen molar-refractivity contribution in [2.75, 3.05) is 0 Å². The average Bonchev–Trinajstić information content (AvgIpc) is 3.07. The van der Waals surface area contributed by atoms with Crippen LogP contribution >= 0.6 is 0 Å². The standard InChI is InChI=1S/C16H15N5O/c22-15(11-14-18-20-21-19-14)17-16(12-7-3-1-4-8-12)13-9-5-2-6-10-13/h1-10,16H,11H2,(H,17,22)(H,18,19,20,21). The van der Waals surface area contributed by atoms with E-state index in [4.69, 9.17) is 0 Å². The molecule has 3 aromatic rings. The van der Waals surface area contributed by atoms with E-state index in [1.165, 1.54) is 0 Å². The molecule has 2 aromatic carbocycles. The maximum Gasteiger partial charge on any atom is 0.228 e. The molecule has 1 amide bonds. The molecule has 1 aromatic heterocycles. The van der Waals surface area contributed by atoms with Gasteiger partial charge in [0.05, 0.1) is 12.5 Å². The highest BCUT2D eigenvalue weighted by atomic mass is 16.1.